The molecule has 0 heterocycles. The fourth-order valence-electron chi connectivity index (χ4n) is 0.936. The first kappa shape index (κ1) is 13.2. The molecule has 0 spiro atoms. The van der Waals surface area contributed by atoms with Crippen molar-refractivity contribution in [1.82, 2.24) is 4.90 Å². The summed E-state index contributed by atoms with van der Waals surface area (Å²) in [7, 11) is 1.01. The van der Waals surface area contributed by atoms with E-state index in [1.54, 1.807) is 0 Å². The van der Waals surface area contributed by atoms with E-state index in [4.69, 9.17) is 5.11 Å². The largest absolute Gasteiger partial charge is 0.477 e. The van der Waals surface area contributed by atoms with Gasteiger partial charge < -0.3 is 5.11 Å². The van der Waals surface area contributed by atoms with Gasteiger partial charge in [-0.3, -0.25) is 4.90 Å². The number of rotatable bonds is 5. The van der Waals surface area contributed by atoms with E-state index in [9.17, 15) is 22.4 Å². The van der Waals surface area contributed by atoms with Crippen LogP contribution in [0.2, 0.25) is 0 Å². The summed E-state index contributed by atoms with van der Waals surface area (Å²) in [5.74, 6) is -9.44. The van der Waals surface area contributed by atoms with Crippen molar-refractivity contribution >= 4 is 5.97 Å². The summed E-state index contributed by atoms with van der Waals surface area (Å²) in [5, 5.41) is 8.02. The number of hydrogen-bond acceptors (Lipinski definition) is 2. The van der Waals surface area contributed by atoms with Crippen LogP contribution in [-0.4, -0.2) is 48.0 Å². The van der Waals surface area contributed by atoms with Gasteiger partial charge in [0.2, 0.25) is 0 Å². The van der Waals surface area contributed by atoms with E-state index in [0.29, 0.717) is 11.8 Å². The van der Waals surface area contributed by atoms with E-state index in [2.05, 4.69) is 0 Å². The maximum Gasteiger partial charge on any atom is 0.375 e. The fraction of sp³-hybridized carbons (Fsp3) is 0.857. The van der Waals surface area contributed by atoms with Gasteiger partial charge in [0.15, 0.2) is 0 Å². The number of carbonyl (C=O) groups is 1. The molecule has 0 saturated heterocycles. The van der Waals surface area contributed by atoms with Crippen molar-refractivity contribution in [2.45, 2.75) is 18.8 Å². The van der Waals surface area contributed by atoms with Crippen LogP contribution in [0, 0.1) is 0 Å². The van der Waals surface area contributed by atoms with E-state index in [1.165, 1.54) is 0 Å². The SMILES string of the molecule is CN(CC(C)(F)F)CC(F)(F)C(=O)O. The van der Waals surface area contributed by atoms with Crippen LogP contribution in [0.4, 0.5) is 17.6 Å². The van der Waals surface area contributed by atoms with Crippen LogP contribution >= 0.6 is 0 Å². The molecule has 0 amide bonds. The Hall–Kier alpha value is -0.850. The Bertz CT molecular complexity index is 214. The molecule has 0 aromatic rings. The lowest BCUT2D eigenvalue weighted by atomic mass is 10.3. The molecule has 0 rings (SSSR count). The van der Waals surface area contributed by atoms with Crippen molar-refractivity contribution in [2.75, 3.05) is 20.1 Å². The number of aliphatic carboxylic acids is 1. The van der Waals surface area contributed by atoms with Crippen LogP contribution in [0.5, 0.6) is 0 Å². The van der Waals surface area contributed by atoms with Gasteiger partial charge in [-0.2, -0.15) is 8.78 Å². The summed E-state index contributed by atoms with van der Waals surface area (Å²) >= 11 is 0. The maximum atomic E-state index is 12.5. The van der Waals surface area contributed by atoms with E-state index in [0.717, 1.165) is 7.05 Å². The summed E-state index contributed by atoms with van der Waals surface area (Å²) < 4.78 is 49.6. The minimum atomic E-state index is -4.00. The number of carboxylic acid groups (broad SMARTS) is 1. The van der Waals surface area contributed by atoms with Crippen molar-refractivity contribution in [1.29, 1.82) is 0 Å². The van der Waals surface area contributed by atoms with Crippen LogP contribution in [-0.2, 0) is 4.79 Å². The van der Waals surface area contributed by atoms with Gasteiger partial charge in [-0.15, -0.1) is 0 Å². The molecule has 0 bridgehead atoms. The van der Waals surface area contributed by atoms with Gasteiger partial charge in [-0.1, -0.05) is 0 Å². The molecule has 1 N–H and O–H groups in total. The monoisotopic (exact) mass is 217 g/mol. The molecule has 7 heteroatoms. The molecular weight excluding hydrogens is 206 g/mol. The van der Waals surface area contributed by atoms with E-state index >= 15 is 0 Å². The van der Waals surface area contributed by atoms with Gasteiger partial charge >= 0.3 is 11.9 Å². The van der Waals surface area contributed by atoms with Crippen LogP contribution < -0.4 is 0 Å². The van der Waals surface area contributed by atoms with Gasteiger partial charge in [0.25, 0.3) is 5.92 Å². The highest BCUT2D eigenvalue weighted by Crippen LogP contribution is 2.18. The molecule has 0 aliphatic carbocycles. The van der Waals surface area contributed by atoms with E-state index < -0.39 is 30.9 Å². The third-order valence-corrected chi connectivity index (χ3v) is 1.33. The molecule has 3 nitrogen and oxygen atoms in total. The van der Waals surface area contributed by atoms with Crippen LogP contribution in [0.25, 0.3) is 0 Å². The van der Waals surface area contributed by atoms with Gasteiger partial charge in [0, 0.05) is 6.92 Å². The Morgan fingerprint density at radius 3 is 2.00 bits per heavy atom. The smallest absolute Gasteiger partial charge is 0.375 e. The molecule has 0 atom stereocenters. The van der Waals surface area contributed by atoms with Crippen LogP contribution in [0.15, 0.2) is 0 Å². The lowest BCUT2D eigenvalue weighted by molar-refractivity contribution is -0.168. The van der Waals surface area contributed by atoms with E-state index in [-0.39, 0.29) is 0 Å². The van der Waals surface area contributed by atoms with Gasteiger partial charge in [0.05, 0.1) is 13.1 Å². The minimum absolute atomic E-state index is 0.572. The molecule has 14 heavy (non-hydrogen) atoms. The quantitative estimate of drug-likeness (QED) is 0.705. The third kappa shape index (κ3) is 5.00. The average molecular weight is 217 g/mol. The van der Waals surface area contributed by atoms with Gasteiger partial charge in [-0.05, 0) is 7.05 Å². The number of alkyl halides is 4. The predicted molar refractivity (Wildman–Crippen MR) is 40.7 cm³/mol. The molecule has 0 unspecified atom stereocenters. The molecule has 0 aliphatic rings. The van der Waals surface area contributed by atoms with Crippen molar-refractivity contribution in [2.24, 2.45) is 0 Å². The first-order valence-electron chi connectivity index (χ1n) is 3.72. The normalized spacial score (nSPS) is 13.4. The Morgan fingerprint density at radius 2 is 1.71 bits per heavy atom. The Kier molecular flexibility index (Phi) is 3.87. The van der Waals surface area contributed by atoms with Crippen molar-refractivity contribution < 1.29 is 27.5 Å². The molecule has 84 valence electrons. The summed E-state index contributed by atoms with van der Waals surface area (Å²) in [5.41, 5.74) is 0. The zero-order valence-corrected chi connectivity index (χ0v) is 7.73. The average Bonchev–Trinajstić information content (AvgIpc) is 1.79. The van der Waals surface area contributed by atoms with Crippen molar-refractivity contribution in [3.05, 3.63) is 0 Å². The first-order chi connectivity index (χ1) is 6.04. The molecule has 0 radical (unpaired) electrons. The Balaban J connectivity index is 4.19. The first-order valence-corrected chi connectivity index (χ1v) is 3.72. The highest BCUT2D eigenvalue weighted by molar-refractivity contribution is 5.75. The molecule has 0 saturated carbocycles. The summed E-state index contributed by atoms with van der Waals surface area (Å²) in [6, 6.07) is 0. The third-order valence-electron chi connectivity index (χ3n) is 1.33. The Morgan fingerprint density at radius 1 is 1.29 bits per heavy atom. The lowest BCUT2D eigenvalue weighted by Gasteiger charge is -2.23. The molecule has 0 aliphatic heterocycles. The van der Waals surface area contributed by atoms with Crippen molar-refractivity contribution in [3.63, 3.8) is 0 Å². The second-order valence-corrected chi connectivity index (χ2v) is 3.25. The standard InChI is InChI=1S/C7H11F4NO2/c1-6(8,9)3-12(2)4-7(10,11)5(13)14/h3-4H2,1-2H3,(H,13,14). The summed E-state index contributed by atoms with van der Waals surface area (Å²) in [6.07, 6.45) is 0. The van der Waals surface area contributed by atoms with Crippen LogP contribution in [0.3, 0.4) is 0 Å². The number of carboxylic acids is 1. The summed E-state index contributed by atoms with van der Waals surface area (Å²) in [4.78, 5) is 10.5. The number of nitrogens with zero attached hydrogens (tertiary/aromatic N) is 1. The molecule has 0 fully saturated rings. The summed E-state index contributed by atoms with van der Waals surface area (Å²) in [6.45, 7) is -1.57. The molecule has 0 aromatic carbocycles. The van der Waals surface area contributed by atoms with Crippen LogP contribution in [0.1, 0.15) is 6.92 Å². The van der Waals surface area contributed by atoms with Gasteiger partial charge in [0.1, 0.15) is 0 Å². The molecular formula is C7H11F4NO2. The fourth-order valence-corrected chi connectivity index (χ4v) is 0.936. The van der Waals surface area contributed by atoms with Gasteiger partial charge in [-0.25, -0.2) is 13.6 Å². The molecule has 0 aromatic heterocycles. The predicted octanol–water partition coefficient (Wildman–Crippen LogP) is 1.29. The number of halogens is 4. The minimum Gasteiger partial charge on any atom is -0.477 e. The zero-order chi connectivity index (χ0) is 11.6. The maximum absolute atomic E-state index is 12.5. The highest BCUT2D eigenvalue weighted by Gasteiger charge is 2.41. The zero-order valence-electron chi connectivity index (χ0n) is 7.73. The highest BCUT2D eigenvalue weighted by atomic mass is 19.3. The lowest BCUT2D eigenvalue weighted by Crippen LogP contribution is -2.44. The second kappa shape index (κ2) is 4.12. The number of hydrogen-bond donors (Lipinski definition) is 1. The van der Waals surface area contributed by atoms with E-state index in [1.807, 2.05) is 0 Å². The Labute approximate surface area is 78.3 Å². The second-order valence-electron chi connectivity index (χ2n) is 3.25. The topological polar surface area (TPSA) is 40.5 Å². The van der Waals surface area contributed by atoms with Crippen molar-refractivity contribution in [3.8, 4) is 0 Å².